The van der Waals surface area contributed by atoms with E-state index in [1.165, 1.54) is 14.2 Å². The summed E-state index contributed by atoms with van der Waals surface area (Å²) < 4.78 is 1.21. The third kappa shape index (κ3) is 3.91. The Morgan fingerprint density at radius 2 is 2.29 bits per heavy atom. The number of nitrogens with one attached hydrogen (secondary N) is 1. The summed E-state index contributed by atoms with van der Waals surface area (Å²) in [7, 11) is 0. The van der Waals surface area contributed by atoms with Crippen molar-refractivity contribution < 1.29 is 0 Å². The second-order valence-electron chi connectivity index (χ2n) is 3.91. The van der Waals surface area contributed by atoms with Crippen LogP contribution in [0.1, 0.15) is 29.8 Å². The molecule has 0 aliphatic carbocycles. The maximum Gasteiger partial charge on any atom is 0.0701 e. The Labute approximate surface area is 119 Å². The van der Waals surface area contributed by atoms with Crippen molar-refractivity contribution in [1.82, 2.24) is 5.32 Å². The van der Waals surface area contributed by atoms with Crippen LogP contribution in [0.4, 0.5) is 0 Å². The lowest BCUT2D eigenvalue weighted by Crippen LogP contribution is -2.20. The molecule has 0 saturated heterocycles. The van der Waals surface area contributed by atoms with E-state index in [2.05, 4.69) is 57.1 Å². The minimum absolute atomic E-state index is 0.477. The van der Waals surface area contributed by atoms with Crippen molar-refractivity contribution in [3.63, 3.8) is 0 Å². The number of halogens is 1. The minimum atomic E-state index is 0.477. The van der Waals surface area contributed by atoms with E-state index >= 15 is 0 Å². The molecule has 0 aliphatic heterocycles. The number of thiophene rings is 2. The van der Waals surface area contributed by atoms with Crippen molar-refractivity contribution in [1.29, 1.82) is 0 Å². The van der Waals surface area contributed by atoms with Crippen LogP contribution in [0.25, 0.3) is 0 Å². The fourth-order valence-electron chi connectivity index (χ4n) is 1.88. The normalized spacial score (nSPS) is 12.8. The summed E-state index contributed by atoms with van der Waals surface area (Å²) in [6.07, 6.45) is 2.32. The molecule has 17 heavy (non-hydrogen) atoms. The first kappa shape index (κ1) is 13.3. The van der Waals surface area contributed by atoms with Gasteiger partial charge in [0.15, 0.2) is 0 Å². The van der Waals surface area contributed by atoms with E-state index in [4.69, 9.17) is 0 Å². The zero-order valence-electron chi connectivity index (χ0n) is 9.78. The van der Waals surface area contributed by atoms with Crippen LogP contribution in [-0.4, -0.2) is 6.54 Å². The molecule has 2 rings (SSSR count). The summed E-state index contributed by atoms with van der Waals surface area (Å²) in [5, 5.41) is 7.96. The van der Waals surface area contributed by atoms with Gasteiger partial charge in [0.1, 0.15) is 0 Å². The molecule has 1 atom stereocenters. The second-order valence-corrected chi connectivity index (χ2v) is 7.24. The van der Waals surface area contributed by atoms with Gasteiger partial charge in [0.2, 0.25) is 0 Å². The van der Waals surface area contributed by atoms with Gasteiger partial charge in [-0.15, -0.1) is 22.7 Å². The van der Waals surface area contributed by atoms with Crippen LogP contribution in [0.15, 0.2) is 32.7 Å². The highest BCUT2D eigenvalue weighted by Gasteiger charge is 2.12. The first-order chi connectivity index (χ1) is 8.29. The summed E-state index contributed by atoms with van der Waals surface area (Å²) in [4.78, 5) is 1.47. The molecule has 0 aromatic carbocycles. The van der Waals surface area contributed by atoms with E-state index in [-0.39, 0.29) is 0 Å². The van der Waals surface area contributed by atoms with Crippen LogP contribution < -0.4 is 5.32 Å². The molecule has 0 amide bonds. The average Bonchev–Trinajstić information content (AvgIpc) is 2.95. The molecular formula is C13H16BrNS2. The van der Waals surface area contributed by atoms with Crippen LogP contribution in [0.2, 0.25) is 0 Å². The summed E-state index contributed by atoms with van der Waals surface area (Å²) >= 11 is 7.14. The lowest BCUT2D eigenvalue weighted by molar-refractivity contribution is 0.518. The van der Waals surface area contributed by atoms with Crippen LogP contribution in [0.3, 0.4) is 0 Å². The van der Waals surface area contributed by atoms with Gasteiger partial charge in [-0.2, -0.15) is 0 Å². The van der Waals surface area contributed by atoms with Crippen molar-refractivity contribution >= 4 is 38.6 Å². The molecule has 2 aromatic rings. The van der Waals surface area contributed by atoms with Gasteiger partial charge < -0.3 is 5.32 Å². The Morgan fingerprint density at radius 1 is 1.41 bits per heavy atom. The fraction of sp³-hybridized carbons (Fsp3) is 0.385. The van der Waals surface area contributed by atoms with Gasteiger partial charge in [-0.05, 0) is 63.8 Å². The number of hydrogen-bond acceptors (Lipinski definition) is 3. The molecule has 1 nitrogen and oxygen atoms in total. The van der Waals surface area contributed by atoms with Crippen molar-refractivity contribution in [3.8, 4) is 0 Å². The quantitative estimate of drug-likeness (QED) is 0.798. The van der Waals surface area contributed by atoms with Crippen LogP contribution >= 0.6 is 38.6 Å². The van der Waals surface area contributed by atoms with Gasteiger partial charge in [-0.1, -0.05) is 13.0 Å². The van der Waals surface area contributed by atoms with Crippen molar-refractivity contribution in [2.24, 2.45) is 0 Å². The van der Waals surface area contributed by atoms with E-state index in [0.717, 1.165) is 19.4 Å². The molecule has 0 spiro atoms. The Kier molecular flexibility index (Phi) is 5.22. The fourth-order valence-corrected chi connectivity index (χ4v) is 3.84. The van der Waals surface area contributed by atoms with Crippen molar-refractivity contribution in [2.45, 2.75) is 25.8 Å². The Morgan fingerprint density at radius 3 is 2.88 bits per heavy atom. The van der Waals surface area contributed by atoms with Crippen LogP contribution in [-0.2, 0) is 6.42 Å². The van der Waals surface area contributed by atoms with E-state index in [0.29, 0.717) is 6.04 Å². The Hall–Kier alpha value is -0.160. The lowest BCUT2D eigenvalue weighted by Gasteiger charge is -2.16. The average molecular weight is 330 g/mol. The highest BCUT2D eigenvalue weighted by Crippen LogP contribution is 2.28. The van der Waals surface area contributed by atoms with Gasteiger partial charge >= 0.3 is 0 Å². The standard InChI is InChI=1S/C13H16BrNS2/c1-2-15-12(10-8-13(14)17-9-10)6-5-11-4-3-7-16-11/h3-4,7-9,12,15H,2,5-6H2,1H3. The van der Waals surface area contributed by atoms with Crippen molar-refractivity contribution in [2.75, 3.05) is 6.54 Å². The smallest absolute Gasteiger partial charge is 0.0701 e. The molecular weight excluding hydrogens is 314 g/mol. The first-order valence-electron chi connectivity index (χ1n) is 5.79. The molecule has 92 valence electrons. The molecule has 0 radical (unpaired) electrons. The third-order valence-corrected chi connectivity index (χ3v) is 5.16. The highest BCUT2D eigenvalue weighted by atomic mass is 79.9. The van der Waals surface area contributed by atoms with Crippen LogP contribution in [0, 0.1) is 0 Å². The number of rotatable bonds is 6. The lowest BCUT2D eigenvalue weighted by atomic mass is 10.0. The first-order valence-corrected chi connectivity index (χ1v) is 8.34. The molecule has 0 fully saturated rings. The molecule has 2 aromatic heterocycles. The molecule has 0 aliphatic rings. The summed E-state index contributed by atoms with van der Waals surface area (Å²) in [6.45, 7) is 3.18. The van der Waals surface area contributed by atoms with Gasteiger partial charge in [0.25, 0.3) is 0 Å². The van der Waals surface area contributed by atoms with Crippen LogP contribution in [0.5, 0.6) is 0 Å². The number of aryl methyl sites for hydroxylation is 1. The van der Waals surface area contributed by atoms with Gasteiger partial charge in [-0.3, -0.25) is 0 Å². The molecule has 2 heterocycles. The van der Waals surface area contributed by atoms with Gasteiger partial charge in [0.05, 0.1) is 3.79 Å². The number of hydrogen-bond donors (Lipinski definition) is 1. The summed E-state index contributed by atoms with van der Waals surface area (Å²) in [6, 6.07) is 7.05. The zero-order valence-corrected chi connectivity index (χ0v) is 13.0. The predicted octanol–water partition coefficient (Wildman–Crippen LogP) is 4.86. The minimum Gasteiger partial charge on any atom is -0.310 e. The largest absolute Gasteiger partial charge is 0.310 e. The summed E-state index contributed by atoms with van der Waals surface area (Å²) in [5.41, 5.74) is 1.40. The Balaban J connectivity index is 1.97. The maximum absolute atomic E-state index is 3.57. The topological polar surface area (TPSA) is 12.0 Å². The molecule has 1 N–H and O–H groups in total. The molecule has 0 bridgehead atoms. The third-order valence-electron chi connectivity index (χ3n) is 2.70. The summed E-state index contributed by atoms with van der Waals surface area (Å²) in [5.74, 6) is 0. The van der Waals surface area contributed by atoms with Gasteiger partial charge in [-0.25, -0.2) is 0 Å². The van der Waals surface area contributed by atoms with E-state index in [1.807, 2.05) is 11.3 Å². The van der Waals surface area contributed by atoms with E-state index < -0.39 is 0 Å². The van der Waals surface area contributed by atoms with E-state index in [1.54, 1.807) is 11.3 Å². The molecule has 1 unspecified atom stereocenters. The second kappa shape index (κ2) is 6.69. The zero-order chi connectivity index (χ0) is 12.1. The highest BCUT2D eigenvalue weighted by molar-refractivity contribution is 9.11. The maximum atomic E-state index is 3.57. The predicted molar refractivity (Wildman–Crippen MR) is 81.1 cm³/mol. The SMILES string of the molecule is CCNC(CCc1cccs1)c1csc(Br)c1. The Bertz CT molecular complexity index is 436. The van der Waals surface area contributed by atoms with E-state index in [9.17, 15) is 0 Å². The monoisotopic (exact) mass is 329 g/mol. The van der Waals surface area contributed by atoms with Crippen molar-refractivity contribution in [3.05, 3.63) is 43.2 Å². The molecule has 0 saturated carbocycles. The van der Waals surface area contributed by atoms with Gasteiger partial charge in [0, 0.05) is 10.9 Å². The molecule has 4 heteroatoms.